The van der Waals surface area contributed by atoms with Crippen LogP contribution < -0.4 is 9.47 Å². The highest BCUT2D eigenvalue weighted by atomic mass is 35.5. The Morgan fingerprint density at radius 3 is 2.13 bits per heavy atom. The first-order chi connectivity index (χ1) is 28.0. The number of hydrogen-bond donors (Lipinski definition) is 0. The Morgan fingerprint density at radius 1 is 0.872 bits per heavy atom. The molecule has 218 valence electrons. The van der Waals surface area contributed by atoms with Crippen LogP contribution in [0.2, 0.25) is 0 Å². The first-order valence-corrected chi connectivity index (χ1v) is 11.9. The molecule has 0 aliphatic carbocycles. The number of halogens is 1. The zero-order valence-electron chi connectivity index (χ0n) is 47.3. The fourth-order valence-electron chi connectivity index (χ4n) is 3.58. The highest BCUT2D eigenvalue weighted by Gasteiger charge is 2.32. The smallest absolute Gasteiger partial charge is 0.119 e. The zero-order chi connectivity index (χ0) is 49.7. The number of hydrogen-bond acceptors (Lipinski definition) is 4. The van der Waals surface area contributed by atoms with Gasteiger partial charge in [-0.3, -0.25) is 0 Å². The molecule has 0 heterocycles. The first-order valence-electron chi connectivity index (χ1n) is 24.4. The summed E-state index contributed by atoms with van der Waals surface area (Å²) in [5.74, 6) is 0.660. The summed E-state index contributed by atoms with van der Waals surface area (Å²) in [6, 6.07) is 14.1. The van der Waals surface area contributed by atoms with Gasteiger partial charge in [0.2, 0.25) is 0 Å². The number of nitriles is 1. The fraction of sp³-hybridized carbons (Fsp3) is 0.618. The van der Waals surface area contributed by atoms with E-state index < -0.39 is 88.8 Å². The quantitative estimate of drug-likeness (QED) is 0.147. The Hall–Kier alpha value is -2.22. The molecule has 0 bridgehead atoms. The zero-order valence-corrected chi connectivity index (χ0v) is 23.1. The van der Waals surface area contributed by atoms with Crippen LogP contribution in [0.3, 0.4) is 0 Å². The van der Waals surface area contributed by atoms with E-state index in [0.29, 0.717) is 18.7 Å². The molecule has 0 amide bonds. The van der Waals surface area contributed by atoms with E-state index in [2.05, 4.69) is 0 Å². The minimum atomic E-state index is -4.92. The van der Waals surface area contributed by atoms with Gasteiger partial charge in [0.25, 0.3) is 0 Å². The van der Waals surface area contributed by atoms with Crippen molar-refractivity contribution in [2.24, 2.45) is 0 Å². The van der Waals surface area contributed by atoms with Crippen LogP contribution in [0.1, 0.15) is 135 Å². The number of nitrogens with zero attached hydrogens (tertiary/aromatic N) is 2. The van der Waals surface area contributed by atoms with E-state index in [1.165, 1.54) is 32.4 Å². The Morgan fingerprint density at radius 2 is 1.49 bits per heavy atom. The van der Waals surface area contributed by atoms with Crippen LogP contribution in [0.25, 0.3) is 0 Å². The van der Waals surface area contributed by atoms with Crippen molar-refractivity contribution >= 4 is 12.4 Å². The van der Waals surface area contributed by atoms with Crippen LogP contribution in [0, 0.1) is 11.3 Å². The highest BCUT2D eigenvalue weighted by Crippen LogP contribution is 2.36. The Kier molecular flexibility index (Phi) is 6.53. The summed E-state index contributed by atoms with van der Waals surface area (Å²) in [5, 5.41) is 10.9. The van der Waals surface area contributed by atoms with Crippen LogP contribution >= 0.6 is 12.4 Å². The molecule has 0 saturated carbocycles. The fourth-order valence-corrected chi connectivity index (χ4v) is 3.58. The summed E-state index contributed by atoms with van der Waals surface area (Å²) >= 11 is 0. The highest BCUT2D eigenvalue weighted by molar-refractivity contribution is 5.85. The van der Waals surface area contributed by atoms with Crippen LogP contribution in [-0.4, -0.2) is 39.3 Å². The maximum Gasteiger partial charge on any atom is 0.119 e. The molecule has 0 aliphatic rings. The van der Waals surface area contributed by atoms with E-state index in [1.807, 2.05) is 17.0 Å². The predicted molar refractivity (Wildman–Crippen MR) is 167 cm³/mol. The summed E-state index contributed by atoms with van der Waals surface area (Å²) in [6.07, 6.45) is -51.2. The van der Waals surface area contributed by atoms with Crippen LogP contribution in [0.5, 0.6) is 11.5 Å². The molecule has 0 fully saturated rings. The van der Waals surface area contributed by atoms with Crippen molar-refractivity contribution in [3.63, 3.8) is 0 Å². The minimum Gasteiger partial charge on any atom is -0.497 e. The standard InChI is InChI=1S/C34H52N2O2.ClH/c1-5-6-7-8-9-10-11-12-13-14-23-34(29-35,31-19-16-21-33(28-31)38-4)24-17-25-36(2)26-22-30-18-15-20-32(27-30)37-3;/h15-16,18-21,27-28H,5-14,17,22-26H2,1-4H3;1H/i1D3,5D2,6D2,7D2,8D2,9D2,10D2,11D2,12D2,13D2,14D2,23D2;. The van der Waals surface area contributed by atoms with E-state index in [1.54, 1.807) is 25.2 Å². The summed E-state index contributed by atoms with van der Waals surface area (Å²) < 4.78 is 220. The molecule has 39 heavy (non-hydrogen) atoms. The maximum absolute atomic E-state index is 10.9. The van der Waals surface area contributed by atoms with Gasteiger partial charge in [-0.05, 0) is 74.6 Å². The van der Waals surface area contributed by atoms with E-state index in [9.17, 15) is 8.00 Å². The number of likely N-dealkylation sites (N-methyl/N-ethyl adjacent to an activating group) is 1. The number of rotatable bonds is 21. The minimum absolute atomic E-state index is 0. The second-order valence-electron chi connectivity index (χ2n) is 8.13. The predicted octanol–water partition coefficient (Wildman–Crippen LogP) is 9.15. The molecule has 2 aromatic carbocycles. The molecular formula is C34H53ClN2O2. The van der Waals surface area contributed by atoms with Gasteiger partial charge in [0.1, 0.15) is 11.5 Å². The average molecular weight is 582 g/mol. The summed E-state index contributed by atoms with van der Waals surface area (Å²) in [7, 11) is 4.45. The van der Waals surface area contributed by atoms with Gasteiger partial charge in [-0.1, -0.05) is 94.8 Å². The van der Waals surface area contributed by atoms with Gasteiger partial charge in [-0.2, -0.15) is 5.26 Å². The van der Waals surface area contributed by atoms with E-state index >= 15 is 0 Å². The summed E-state index contributed by atoms with van der Waals surface area (Å²) in [5.41, 5.74) is -2.15. The normalized spacial score (nSPS) is 26.3. The lowest BCUT2D eigenvalue weighted by atomic mass is 9.74. The lowest BCUT2D eigenvalue weighted by molar-refractivity contribution is 0.309. The monoisotopic (exact) mass is 582 g/mol. The van der Waals surface area contributed by atoms with E-state index in [4.69, 9.17) is 41.0 Å². The third-order valence-electron chi connectivity index (χ3n) is 5.60. The molecule has 0 saturated heterocycles. The van der Waals surface area contributed by atoms with Gasteiger partial charge in [0.15, 0.2) is 0 Å². The van der Waals surface area contributed by atoms with Crippen LogP contribution in [-0.2, 0) is 11.8 Å². The topological polar surface area (TPSA) is 45.5 Å². The number of benzene rings is 2. The largest absolute Gasteiger partial charge is 0.497 e. The first kappa shape index (κ1) is 12.3. The number of methoxy groups -OCH3 is 2. The van der Waals surface area contributed by atoms with Gasteiger partial charge >= 0.3 is 0 Å². The third kappa shape index (κ3) is 13.1. The molecular weight excluding hydrogens is 504 g/mol. The van der Waals surface area contributed by atoms with Crippen molar-refractivity contribution in [2.75, 3.05) is 34.4 Å². The second kappa shape index (κ2) is 20.7. The van der Waals surface area contributed by atoms with Gasteiger partial charge in [0, 0.05) is 40.8 Å². The van der Waals surface area contributed by atoms with Crippen molar-refractivity contribution in [1.29, 1.82) is 5.26 Å². The maximum atomic E-state index is 10.9. The van der Waals surface area contributed by atoms with Gasteiger partial charge in [-0.25, -0.2) is 0 Å². The molecule has 0 spiro atoms. The lowest BCUT2D eigenvalue weighted by Gasteiger charge is -2.29. The second-order valence-corrected chi connectivity index (χ2v) is 8.13. The van der Waals surface area contributed by atoms with Crippen LogP contribution in [0.15, 0.2) is 48.5 Å². The SMILES string of the molecule is Cl.[2H]C([2H])([2H])C([2H])([2H])C([2H])([2H])C([2H])([2H])C([2H])([2H])C([2H])([2H])C([2H])([2H])C([2H])([2H])C([2H])([2H])C([2H])([2H])C([2H])([2H])C([2H])([2H])C(C#N)(CCCN(C)CCc1cccc(OC)c1)c1cccc(OC)c1. The molecule has 2 aromatic rings. The van der Waals surface area contributed by atoms with Gasteiger partial charge in [0.05, 0.1) is 25.7 Å². The van der Waals surface area contributed by atoms with Crippen molar-refractivity contribution in [3.8, 4) is 17.6 Å². The third-order valence-corrected chi connectivity index (χ3v) is 5.60. The van der Waals surface area contributed by atoms with Gasteiger partial charge in [-0.15, -0.1) is 12.4 Å². The summed E-state index contributed by atoms with van der Waals surface area (Å²) in [6.45, 7) is -3.47. The molecule has 0 aliphatic heterocycles. The van der Waals surface area contributed by atoms with E-state index in [0.717, 1.165) is 11.6 Å². The van der Waals surface area contributed by atoms with Crippen molar-refractivity contribution in [1.82, 2.24) is 4.90 Å². The van der Waals surface area contributed by atoms with Crippen LogP contribution in [0.4, 0.5) is 0 Å². The van der Waals surface area contributed by atoms with Crippen molar-refractivity contribution < 1.29 is 43.7 Å². The molecule has 2 rings (SSSR count). The molecule has 1 atom stereocenters. The summed E-state index contributed by atoms with van der Waals surface area (Å²) in [4.78, 5) is 1.81. The molecule has 1 unspecified atom stereocenters. The Balaban J connectivity index is 0.0000205. The van der Waals surface area contributed by atoms with Gasteiger partial charge < -0.3 is 14.4 Å². The average Bonchev–Trinajstić information content (AvgIpc) is 3.17. The molecule has 0 radical (unpaired) electrons. The molecule has 0 N–H and O–H groups in total. The Bertz CT molecular complexity index is 1950. The molecule has 0 aromatic heterocycles. The Labute approximate surface area is 280 Å². The van der Waals surface area contributed by atoms with E-state index in [-0.39, 0.29) is 36.7 Å². The van der Waals surface area contributed by atoms with Crippen molar-refractivity contribution in [3.05, 3.63) is 59.7 Å². The number of ether oxygens (including phenoxy) is 2. The lowest BCUT2D eigenvalue weighted by Crippen LogP contribution is -2.28. The molecule has 4 nitrogen and oxygen atoms in total. The van der Waals surface area contributed by atoms with Crippen molar-refractivity contribution in [2.45, 2.75) is 102 Å². The molecule has 5 heteroatoms.